The molecule has 2 aliphatic rings. The largest absolute Gasteiger partial charge is 0.384 e. The Balaban J connectivity index is 1.65. The summed E-state index contributed by atoms with van der Waals surface area (Å²) in [5.74, 6) is 0.655. The number of carbonyl (C=O) groups excluding carboxylic acids is 1. The van der Waals surface area contributed by atoms with Crippen molar-refractivity contribution in [3.05, 3.63) is 29.3 Å². The molecular formula is C16H23N3O. The first-order valence-electron chi connectivity index (χ1n) is 7.56. The highest BCUT2D eigenvalue weighted by molar-refractivity contribution is 6.00. The Hall–Kier alpha value is -1.55. The molecule has 1 unspecified atom stereocenters. The number of aryl methyl sites for hydroxylation is 1. The van der Waals surface area contributed by atoms with Gasteiger partial charge in [0, 0.05) is 19.6 Å². The lowest BCUT2D eigenvalue weighted by atomic mass is 9.99. The molecule has 0 aromatic heterocycles. The fraction of sp³-hybridized carbons (Fsp3) is 0.562. The van der Waals surface area contributed by atoms with Crippen LogP contribution in [0.5, 0.6) is 0 Å². The van der Waals surface area contributed by atoms with Crippen LogP contribution >= 0.6 is 0 Å². The van der Waals surface area contributed by atoms with E-state index in [-0.39, 0.29) is 5.91 Å². The summed E-state index contributed by atoms with van der Waals surface area (Å²) in [6, 6.07) is 6.03. The van der Waals surface area contributed by atoms with Crippen LogP contribution in [0.4, 0.5) is 5.69 Å². The van der Waals surface area contributed by atoms with Gasteiger partial charge in [0.25, 0.3) is 5.91 Å². The van der Waals surface area contributed by atoms with Crippen molar-refractivity contribution in [2.45, 2.75) is 19.3 Å². The molecule has 1 aromatic carbocycles. The van der Waals surface area contributed by atoms with Crippen molar-refractivity contribution < 1.29 is 4.79 Å². The summed E-state index contributed by atoms with van der Waals surface area (Å²) in [5, 5.41) is 6.48. The quantitative estimate of drug-likeness (QED) is 0.881. The minimum atomic E-state index is 0.0609. The summed E-state index contributed by atoms with van der Waals surface area (Å²) in [6.07, 6.45) is 3.39. The molecule has 0 radical (unpaired) electrons. The molecule has 2 aliphatic heterocycles. The zero-order valence-electron chi connectivity index (χ0n) is 12.1. The average Bonchev–Trinajstić information content (AvgIpc) is 2.90. The molecule has 108 valence electrons. The van der Waals surface area contributed by atoms with E-state index in [1.54, 1.807) is 0 Å². The number of anilines is 1. The molecule has 0 aliphatic carbocycles. The van der Waals surface area contributed by atoms with Crippen molar-refractivity contribution in [1.82, 2.24) is 10.2 Å². The van der Waals surface area contributed by atoms with Crippen LogP contribution in [-0.4, -0.2) is 44.0 Å². The van der Waals surface area contributed by atoms with Crippen LogP contribution in [0, 0.1) is 5.92 Å². The fourth-order valence-electron chi connectivity index (χ4n) is 3.22. The summed E-state index contributed by atoms with van der Waals surface area (Å²) in [6.45, 7) is 3.98. The van der Waals surface area contributed by atoms with Gasteiger partial charge in [-0.2, -0.15) is 0 Å². The van der Waals surface area contributed by atoms with Crippen LogP contribution in [-0.2, 0) is 6.42 Å². The van der Waals surface area contributed by atoms with Crippen molar-refractivity contribution in [1.29, 1.82) is 0 Å². The highest BCUT2D eigenvalue weighted by atomic mass is 16.1. The third-order valence-electron chi connectivity index (χ3n) is 4.36. The molecule has 1 atom stereocenters. The number of hydrogen-bond donors (Lipinski definition) is 2. The lowest BCUT2D eigenvalue weighted by Gasteiger charge is -2.21. The van der Waals surface area contributed by atoms with E-state index < -0.39 is 0 Å². The van der Waals surface area contributed by atoms with E-state index in [1.807, 2.05) is 12.1 Å². The molecule has 4 nitrogen and oxygen atoms in total. The van der Waals surface area contributed by atoms with Crippen LogP contribution in [0.1, 0.15) is 28.8 Å². The number of carbonyl (C=O) groups is 1. The Morgan fingerprint density at radius 3 is 3.20 bits per heavy atom. The highest BCUT2D eigenvalue weighted by Crippen LogP contribution is 2.26. The second-order valence-corrected chi connectivity index (χ2v) is 6.00. The highest BCUT2D eigenvalue weighted by Gasteiger charge is 2.21. The maximum absolute atomic E-state index is 12.4. The molecule has 0 bridgehead atoms. The SMILES string of the molecule is CN1CCC(CNC(=O)c2cccc3c2NCCC3)C1. The van der Waals surface area contributed by atoms with E-state index in [2.05, 4.69) is 28.6 Å². The monoisotopic (exact) mass is 273 g/mol. The van der Waals surface area contributed by atoms with Gasteiger partial charge in [-0.1, -0.05) is 12.1 Å². The van der Waals surface area contributed by atoms with E-state index in [9.17, 15) is 4.79 Å². The molecule has 4 heteroatoms. The third-order valence-corrected chi connectivity index (χ3v) is 4.36. The Morgan fingerprint density at radius 1 is 1.50 bits per heavy atom. The second-order valence-electron chi connectivity index (χ2n) is 6.00. The van der Waals surface area contributed by atoms with Gasteiger partial charge in [-0.3, -0.25) is 4.79 Å². The first-order valence-corrected chi connectivity index (χ1v) is 7.56. The van der Waals surface area contributed by atoms with Crippen LogP contribution < -0.4 is 10.6 Å². The molecule has 3 rings (SSSR count). The predicted molar refractivity (Wildman–Crippen MR) is 81.2 cm³/mol. The van der Waals surface area contributed by atoms with E-state index in [4.69, 9.17) is 0 Å². The summed E-state index contributed by atoms with van der Waals surface area (Å²) < 4.78 is 0. The maximum Gasteiger partial charge on any atom is 0.253 e. The maximum atomic E-state index is 12.4. The topological polar surface area (TPSA) is 44.4 Å². The number of fused-ring (bicyclic) bond motifs is 1. The van der Waals surface area contributed by atoms with Crippen LogP contribution in [0.25, 0.3) is 0 Å². The standard InChI is InChI=1S/C16H23N3O/c1-19-9-7-12(11-19)10-18-16(20)14-6-2-4-13-5-3-8-17-15(13)14/h2,4,6,12,17H,3,5,7-11H2,1H3,(H,18,20). The number of para-hydroxylation sites is 1. The van der Waals surface area contributed by atoms with Crippen molar-refractivity contribution in [2.75, 3.05) is 38.5 Å². The predicted octanol–water partition coefficient (Wildman–Crippen LogP) is 1.73. The van der Waals surface area contributed by atoms with Crippen LogP contribution in [0.15, 0.2) is 18.2 Å². The van der Waals surface area contributed by atoms with Gasteiger partial charge in [0.1, 0.15) is 0 Å². The number of nitrogens with zero attached hydrogens (tertiary/aromatic N) is 1. The van der Waals surface area contributed by atoms with E-state index in [0.717, 1.165) is 50.3 Å². The first-order chi connectivity index (χ1) is 9.74. The number of rotatable bonds is 3. The van der Waals surface area contributed by atoms with Gasteiger partial charge in [0.05, 0.1) is 11.3 Å². The molecule has 1 amide bonds. The summed E-state index contributed by atoms with van der Waals surface area (Å²) in [7, 11) is 2.14. The molecule has 0 spiro atoms. The number of hydrogen-bond acceptors (Lipinski definition) is 3. The summed E-state index contributed by atoms with van der Waals surface area (Å²) >= 11 is 0. The van der Waals surface area contributed by atoms with E-state index >= 15 is 0 Å². The van der Waals surface area contributed by atoms with Crippen molar-refractivity contribution in [2.24, 2.45) is 5.92 Å². The lowest BCUT2D eigenvalue weighted by Crippen LogP contribution is -2.31. The van der Waals surface area contributed by atoms with E-state index in [1.165, 1.54) is 12.0 Å². The molecule has 1 aromatic rings. The number of amides is 1. The van der Waals surface area contributed by atoms with Gasteiger partial charge in [-0.15, -0.1) is 0 Å². The van der Waals surface area contributed by atoms with Crippen molar-refractivity contribution >= 4 is 11.6 Å². The third kappa shape index (κ3) is 2.80. The number of benzene rings is 1. The molecule has 0 saturated carbocycles. The molecule has 20 heavy (non-hydrogen) atoms. The van der Waals surface area contributed by atoms with Crippen molar-refractivity contribution in [3.8, 4) is 0 Å². The fourth-order valence-corrected chi connectivity index (χ4v) is 3.22. The van der Waals surface area contributed by atoms with Gasteiger partial charge in [0.15, 0.2) is 0 Å². The second kappa shape index (κ2) is 5.83. The smallest absolute Gasteiger partial charge is 0.253 e. The van der Waals surface area contributed by atoms with Gasteiger partial charge in [-0.25, -0.2) is 0 Å². The van der Waals surface area contributed by atoms with Gasteiger partial charge in [-0.05, 0) is 50.4 Å². The number of likely N-dealkylation sites (tertiary alicyclic amines) is 1. The number of nitrogens with one attached hydrogen (secondary N) is 2. The minimum Gasteiger partial charge on any atom is -0.384 e. The Morgan fingerprint density at radius 2 is 2.40 bits per heavy atom. The van der Waals surface area contributed by atoms with E-state index in [0.29, 0.717) is 5.92 Å². The normalized spacial score (nSPS) is 22.1. The Bertz CT molecular complexity index is 500. The Labute approximate surface area is 120 Å². The molecule has 2 N–H and O–H groups in total. The average molecular weight is 273 g/mol. The Kier molecular flexibility index (Phi) is 3.92. The van der Waals surface area contributed by atoms with Crippen LogP contribution in [0.2, 0.25) is 0 Å². The van der Waals surface area contributed by atoms with Gasteiger partial charge >= 0.3 is 0 Å². The first kappa shape index (κ1) is 13.4. The molecule has 1 fully saturated rings. The van der Waals surface area contributed by atoms with Gasteiger partial charge < -0.3 is 15.5 Å². The minimum absolute atomic E-state index is 0.0609. The molecule has 2 heterocycles. The van der Waals surface area contributed by atoms with Crippen molar-refractivity contribution in [3.63, 3.8) is 0 Å². The lowest BCUT2D eigenvalue weighted by molar-refractivity contribution is 0.0948. The zero-order valence-corrected chi connectivity index (χ0v) is 12.1. The van der Waals surface area contributed by atoms with Crippen LogP contribution in [0.3, 0.4) is 0 Å². The summed E-state index contributed by atoms with van der Waals surface area (Å²) in [5.41, 5.74) is 3.11. The molecule has 1 saturated heterocycles. The zero-order chi connectivity index (χ0) is 13.9. The molecular weight excluding hydrogens is 250 g/mol. The van der Waals surface area contributed by atoms with Gasteiger partial charge in [0.2, 0.25) is 0 Å². The summed E-state index contributed by atoms with van der Waals surface area (Å²) in [4.78, 5) is 14.7.